The summed E-state index contributed by atoms with van der Waals surface area (Å²) < 4.78 is 126. The number of hydrogen-bond donors (Lipinski definition) is 0. The van der Waals surface area contributed by atoms with Crippen molar-refractivity contribution in [3.05, 3.63) is 327 Å². The highest BCUT2D eigenvalue weighted by Crippen LogP contribution is 2.50. The minimum absolute atomic E-state index is 0.360. The summed E-state index contributed by atoms with van der Waals surface area (Å²) in [5, 5.41) is 39.2. The van der Waals surface area contributed by atoms with Crippen LogP contribution in [-0.4, -0.2) is 60.0 Å². The maximum absolute atomic E-state index is 13.3. The van der Waals surface area contributed by atoms with E-state index in [1.807, 2.05) is 188 Å². The number of alkyl halides is 9. The van der Waals surface area contributed by atoms with Crippen molar-refractivity contribution in [2.45, 2.75) is 32.4 Å². The Morgan fingerprint density at radius 1 is 0.290 bits per heavy atom. The van der Waals surface area contributed by atoms with Gasteiger partial charge in [-0.2, -0.15) is 39.5 Å². The van der Waals surface area contributed by atoms with E-state index in [4.69, 9.17) is 5.53 Å². The molecule has 15 nitrogen and oxygen atoms in total. The molecule has 4 heterocycles. The van der Waals surface area contributed by atoms with E-state index in [1.165, 1.54) is 45.8 Å². The third-order valence-electron chi connectivity index (χ3n) is 17.7. The standard InChI is InChI=1S/C30H16F6N6.C30H19F3N6.C16H8.C7H7N3/c31-29(32,33)17-9-13-19(14-10-17)41-27-23-7-3-4-8-24(23)28-26(22-6-2-1-5-21(22)25(27)37-39-41)38-40-42(28)20-15-11-18(12-16-20)30(34,35)36;1-18-10-14-20(15-11-18)38-28-24-8-4-2-6-22(24)27-29(25-9-5-3-7-23(25)26(28)34-36-38)39(37-35-27)21-16-12-19(13-17-21)30(31,32)33;1-2-6-14-11-12-16-8-4-3-7-15(16)10-9-13(14)5-1;1-6-2-4-7(5-3-6)9-10-8/h1-16H;2-17H,1H3;1-8H;2-5H,1H3. The predicted octanol–water partition coefficient (Wildman–Crippen LogP) is 20.8. The molecule has 0 unspecified atom stereocenters. The minimum Gasteiger partial charge on any atom is -0.212 e. The Morgan fingerprint density at radius 3 is 0.757 bits per heavy atom. The second kappa shape index (κ2) is 28.2. The minimum atomic E-state index is -4.50. The second-order valence-electron chi connectivity index (χ2n) is 24.6. The van der Waals surface area contributed by atoms with E-state index in [-0.39, 0.29) is 0 Å². The van der Waals surface area contributed by atoms with Crippen molar-refractivity contribution in [2.75, 3.05) is 0 Å². The van der Waals surface area contributed by atoms with Gasteiger partial charge in [0.2, 0.25) is 0 Å². The topological polar surface area (TPSA) is 172 Å². The first kappa shape index (κ1) is 68.5. The summed E-state index contributed by atoms with van der Waals surface area (Å²) >= 11 is 0. The highest BCUT2D eigenvalue weighted by atomic mass is 19.4. The summed E-state index contributed by atoms with van der Waals surface area (Å²) in [7, 11) is 0. The fourth-order valence-corrected chi connectivity index (χ4v) is 12.5. The summed E-state index contributed by atoms with van der Waals surface area (Å²) in [5.41, 5.74) is 25.4. The number of aromatic nitrogens is 12. The van der Waals surface area contributed by atoms with E-state index in [0.29, 0.717) is 84.9 Å². The van der Waals surface area contributed by atoms with E-state index in [0.717, 1.165) is 103 Å². The van der Waals surface area contributed by atoms with E-state index < -0.39 is 35.2 Å². The molecule has 3 aliphatic carbocycles. The molecule has 0 atom stereocenters. The van der Waals surface area contributed by atoms with E-state index in [2.05, 4.69) is 75.0 Å². The lowest BCUT2D eigenvalue weighted by Gasteiger charge is -2.19. The zero-order valence-corrected chi connectivity index (χ0v) is 56.0. The highest BCUT2D eigenvalue weighted by Gasteiger charge is 2.36. The van der Waals surface area contributed by atoms with Gasteiger partial charge in [-0.1, -0.05) is 219 Å². The molecule has 11 aromatic carbocycles. The van der Waals surface area contributed by atoms with Crippen molar-refractivity contribution in [3.63, 3.8) is 0 Å². The van der Waals surface area contributed by atoms with Crippen LogP contribution in [0.15, 0.2) is 272 Å². The van der Waals surface area contributed by atoms with Gasteiger partial charge in [0.05, 0.1) is 39.4 Å². The first-order valence-electron chi connectivity index (χ1n) is 32.9. The van der Waals surface area contributed by atoms with Crippen molar-refractivity contribution in [1.29, 1.82) is 0 Å². The Labute approximate surface area is 603 Å². The molecule has 0 aliphatic heterocycles. The van der Waals surface area contributed by atoms with Crippen LogP contribution in [0.5, 0.6) is 0 Å². The normalized spacial score (nSPS) is 11.7. The smallest absolute Gasteiger partial charge is 0.212 e. The van der Waals surface area contributed by atoms with Crippen molar-refractivity contribution < 1.29 is 39.5 Å². The van der Waals surface area contributed by atoms with Gasteiger partial charge in [-0.3, -0.25) is 0 Å². The Hall–Kier alpha value is -14.2. The number of nitrogens with zero attached hydrogens (tertiary/aromatic N) is 15. The average Bonchev–Trinajstić information content (AvgIpc) is 1.64. The molecule has 0 spiro atoms. The lowest BCUT2D eigenvalue weighted by atomic mass is 9.89. The zero-order valence-electron chi connectivity index (χ0n) is 56.0. The number of hydrogen-bond acceptors (Lipinski definition) is 9. The Balaban J connectivity index is 0.000000129. The van der Waals surface area contributed by atoms with Crippen LogP contribution in [0.25, 0.3) is 123 Å². The molecule has 18 rings (SSSR count). The van der Waals surface area contributed by atoms with Crippen molar-refractivity contribution >= 4 is 5.69 Å². The van der Waals surface area contributed by atoms with Crippen LogP contribution in [0.2, 0.25) is 0 Å². The largest absolute Gasteiger partial charge is 0.416 e. The van der Waals surface area contributed by atoms with Gasteiger partial charge in [-0.05, 0) is 129 Å². The summed E-state index contributed by atoms with van der Waals surface area (Å²) in [5.74, 6) is 12.7. The molecule has 24 heteroatoms. The molecule has 0 saturated heterocycles. The molecule has 15 aromatic rings. The van der Waals surface area contributed by atoms with E-state index in [9.17, 15) is 39.5 Å². The Kier molecular flexibility index (Phi) is 18.1. The molecule has 0 saturated carbocycles. The fraction of sp³-hybridized carbons (Fsp3) is 0.0602. The van der Waals surface area contributed by atoms with Gasteiger partial charge >= 0.3 is 18.5 Å². The molecule has 0 amide bonds. The number of aryl methyl sites for hydroxylation is 2. The Morgan fingerprint density at radius 2 is 0.505 bits per heavy atom. The van der Waals surface area contributed by atoms with Gasteiger partial charge in [-0.25, -0.2) is 18.7 Å². The van der Waals surface area contributed by atoms with Gasteiger partial charge < -0.3 is 0 Å². The first-order chi connectivity index (χ1) is 51.8. The molecule has 0 bridgehead atoms. The van der Waals surface area contributed by atoms with Crippen LogP contribution in [0, 0.1) is 37.5 Å². The van der Waals surface area contributed by atoms with Gasteiger partial charge in [0.15, 0.2) is 0 Å². The van der Waals surface area contributed by atoms with Crippen LogP contribution in [-0.2, 0) is 18.5 Å². The van der Waals surface area contributed by atoms with E-state index in [1.54, 1.807) is 28.9 Å². The molecule has 4 aromatic heterocycles. The average molecular weight is 1430 g/mol. The highest BCUT2D eigenvalue weighted by molar-refractivity contribution is 6.01. The maximum atomic E-state index is 13.3. The van der Waals surface area contributed by atoms with Crippen LogP contribution >= 0.6 is 0 Å². The Bertz CT molecular complexity index is 5800. The first-order valence-corrected chi connectivity index (χ1v) is 32.9. The number of rotatable bonds is 5. The number of azide groups is 1. The summed E-state index contributed by atoms with van der Waals surface area (Å²) in [6.07, 6.45) is -13.4. The van der Waals surface area contributed by atoms with E-state index >= 15 is 0 Å². The molecule has 520 valence electrons. The van der Waals surface area contributed by atoms with Crippen LogP contribution < -0.4 is 0 Å². The second-order valence-corrected chi connectivity index (χ2v) is 24.6. The van der Waals surface area contributed by atoms with Gasteiger partial charge in [-0.15, -0.1) is 20.4 Å². The quantitative estimate of drug-likeness (QED) is 0.0538. The SMILES string of the molecule is C1#Cc2ccccc2C#Cc2ccccc21.Cc1ccc(-n2nnc3c2-c2ccccc2-c2nnn(-c4ccc(C(F)(F)F)cc4)c2-c2ccccc2-3)cc1.Cc1ccc(N=[N+]=[N-])cc1.FC(F)(F)c1ccc(-n2nnc3c2-c2ccccc2-c2c(nnn2-c2ccc(C(F)(F)F)cc2)-c2ccccc2-3)cc1. The summed E-state index contributed by atoms with van der Waals surface area (Å²) in [4.78, 5) is 2.66. The third-order valence-corrected chi connectivity index (χ3v) is 17.7. The zero-order chi connectivity index (χ0) is 74.1. The van der Waals surface area contributed by atoms with Crippen molar-refractivity contribution in [1.82, 2.24) is 60.0 Å². The molecular weight excluding hydrogens is 1380 g/mol. The summed E-state index contributed by atoms with van der Waals surface area (Å²) in [6, 6.07) is 75.6. The molecule has 0 radical (unpaired) electrons. The van der Waals surface area contributed by atoms with Crippen LogP contribution in [0.4, 0.5) is 45.2 Å². The lowest BCUT2D eigenvalue weighted by molar-refractivity contribution is -0.138. The van der Waals surface area contributed by atoms with Gasteiger partial charge in [0.25, 0.3) is 0 Å². The van der Waals surface area contributed by atoms with Gasteiger partial charge in [0.1, 0.15) is 45.6 Å². The molecule has 0 fully saturated rings. The molecule has 3 aliphatic rings. The van der Waals surface area contributed by atoms with Crippen molar-refractivity contribution in [2.24, 2.45) is 5.11 Å². The molecule has 0 N–H and O–H groups in total. The fourth-order valence-electron chi connectivity index (χ4n) is 12.5. The lowest BCUT2D eigenvalue weighted by Crippen LogP contribution is -2.07. The summed E-state index contributed by atoms with van der Waals surface area (Å²) in [6.45, 7) is 4.02. The van der Waals surface area contributed by atoms with Crippen LogP contribution in [0.3, 0.4) is 0 Å². The molecule has 107 heavy (non-hydrogen) atoms. The van der Waals surface area contributed by atoms with Gasteiger partial charge in [0, 0.05) is 77.4 Å². The third kappa shape index (κ3) is 13.7. The molecular formula is C83H50F9N15. The number of halogens is 9. The van der Waals surface area contributed by atoms with Crippen LogP contribution in [0.1, 0.15) is 50.1 Å². The monoisotopic (exact) mass is 1430 g/mol. The maximum Gasteiger partial charge on any atom is 0.416 e. The number of fused-ring (bicyclic) bond motifs is 18. The predicted molar refractivity (Wildman–Crippen MR) is 388 cm³/mol. The van der Waals surface area contributed by atoms with Crippen molar-refractivity contribution in [3.8, 4) is 136 Å². The number of benzene rings is 11.